The van der Waals surface area contributed by atoms with Crippen LogP contribution in [0, 0.1) is 12.7 Å². The van der Waals surface area contributed by atoms with Crippen LogP contribution in [0.15, 0.2) is 42.5 Å². The van der Waals surface area contributed by atoms with Gasteiger partial charge in [-0.3, -0.25) is 4.79 Å². The Balaban J connectivity index is 1.85. The predicted molar refractivity (Wildman–Crippen MR) is 88.3 cm³/mol. The molecule has 1 unspecified atom stereocenters. The molecule has 7 heteroatoms. The summed E-state index contributed by atoms with van der Waals surface area (Å²) in [6.45, 7) is -0.485. The molecule has 0 heterocycles. The highest BCUT2D eigenvalue weighted by molar-refractivity contribution is 5.91. The summed E-state index contributed by atoms with van der Waals surface area (Å²) >= 11 is 0. The first kappa shape index (κ1) is 18.8. The second-order valence-corrected chi connectivity index (χ2v) is 5.85. The molecule has 0 saturated heterocycles. The second-order valence-electron chi connectivity index (χ2n) is 5.85. The summed E-state index contributed by atoms with van der Waals surface area (Å²) in [6, 6.07) is 10.8. The van der Waals surface area contributed by atoms with Gasteiger partial charge in [0.1, 0.15) is 18.1 Å². The maximum absolute atomic E-state index is 13.5. The average molecular weight is 353 g/mol. The fourth-order valence-electron chi connectivity index (χ4n) is 2.35. The molecule has 0 aliphatic rings. The first-order chi connectivity index (χ1) is 11.8. The van der Waals surface area contributed by atoms with Crippen molar-refractivity contribution in [3.8, 4) is 5.75 Å². The number of hydrogen-bond acceptors (Lipinski definition) is 2. The van der Waals surface area contributed by atoms with E-state index in [0.717, 1.165) is 10.5 Å². The molecular weight excluding hydrogens is 333 g/mol. The highest BCUT2D eigenvalue weighted by Gasteiger charge is 2.12. The number of anilines is 1. The third-order valence-electron chi connectivity index (χ3n) is 3.57. The molecule has 0 spiro atoms. The van der Waals surface area contributed by atoms with E-state index >= 15 is 0 Å². The van der Waals surface area contributed by atoms with Crippen LogP contribution in [0.1, 0.15) is 11.1 Å². The van der Waals surface area contributed by atoms with Gasteiger partial charge in [-0.05, 0) is 48.9 Å². The van der Waals surface area contributed by atoms with Crippen LogP contribution in [0.4, 0.5) is 18.9 Å². The van der Waals surface area contributed by atoms with Crippen LogP contribution < -0.4 is 15.0 Å². The second kappa shape index (κ2) is 8.53. The molecule has 1 atom stereocenters. The molecule has 134 valence electrons. The largest absolute Gasteiger partial charge is 0.435 e. The van der Waals surface area contributed by atoms with Crippen molar-refractivity contribution >= 4 is 11.6 Å². The number of alkyl halides is 2. The van der Waals surface area contributed by atoms with Gasteiger partial charge in [0.05, 0.1) is 7.05 Å². The summed E-state index contributed by atoms with van der Waals surface area (Å²) in [5.74, 6) is -0.515. The molecule has 2 N–H and O–H groups in total. The number of benzene rings is 2. The van der Waals surface area contributed by atoms with Crippen molar-refractivity contribution < 1.29 is 27.6 Å². The molecule has 0 aromatic heterocycles. The van der Waals surface area contributed by atoms with Crippen LogP contribution in [0.2, 0.25) is 0 Å². The Hall–Kier alpha value is -2.54. The van der Waals surface area contributed by atoms with E-state index in [-0.39, 0.29) is 24.0 Å². The molecule has 25 heavy (non-hydrogen) atoms. The summed E-state index contributed by atoms with van der Waals surface area (Å²) in [6.07, 6.45) is 0. The maximum Gasteiger partial charge on any atom is 0.387 e. The Morgan fingerprint density at radius 2 is 1.88 bits per heavy atom. The van der Waals surface area contributed by atoms with Gasteiger partial charge >= 0.3 is 6.61 Å². The van der Waals surface area contributed by atoms with Crippen LogP contribution in [0.25, 0.3) is 0 Å². The number of ether oxygens (including phenoxy) is 1. The van der Waals surface area contributed by atoms with Gasteiger partial charge in [-0.15, -0.1) is 0 Å². The van der Waals surface area contributed by atoms with Gasteiger partial charge < -0.3 is 15.0 Å². The number of carbonyl (C=O) groups excluding carboxylic acids is 1. The fourth-order valence-corrected chi connectivity index (χ4v) is 2.35. The number of amides is 1. The van der Waals surface area contributed by atoms with Crippen molar-refractivity contribution in [3.05, 3.63) is 59.4 Å². The van der Waals surface area contributed by atoms with Crippen LogP contribution >= 0.6 is 0 Å². The fraction of sp³-hybridized carbons (Fsp3) is 0.278. The highest BCUT2D eigenvalue weighted by atomic mass is 19.3. The number of rotatable bonds is 7. The van der Waals surface area contributed by atoms with E-state index in [1.54, 1.807) is 31.2 Å². The van der Waals surface area contributed by atoms with E-state index < -0.39 is 6.61 Å². The van der Waals surface area contributed by atoms with Crippen molar-refractivity contribution in [3.63, 3.8) is 0 Å². The van der Waals surface area contributed by atoms with E-state index in [2.05, 4.69) is 10.1 Å². The molecule has 0 aliphatic carbocycles. The van der Waals surface area contributed by atoms with E-state index in [4.69, 9.17) is 0 Å². The van der Waals surface area contributed by atoms with Gasteiger partial charge in [0.15, 0.2) is 6.54 Å². The minimum Gasteiger partial charge on any atom is -0.435 e. The lowest BCUT2D eigenvalue weighted by Gasteiger charge is -2.14. The Morgan fingerprint density at radius 3 is 2.48 bits per heavy atom. The van der Waals surface area contributed by atoms with Crippen LogP contribution in [0.5, 0.6) is 5.75 Å². The molecule has 1 amide bonds. The van der Waals surface area contributed by atoms with E-state index in [1.165, 1.54) is 18.2 Å². The number of quaternary nitrogens is 1. The standard InChI is InChI=1S/C18H19F3N2O2/c1-12-3-6-14(9-16(12)19)22-17(24)11-23(2)10-13-4-7-15(8-5-13)25-18(20)21/h3-9,18H,10-11H2,1-2H3,(H,22,24)/p+1. The number of halogens is 3. The van der Waals surface area contributed by atoms with Crippen molar-refractivity contribution in [2.45, 2.75) is 20.1 Å². The molecule has 0 bridgehead atoms. The highest BCUT2D eigenvalue weighted by Crippen LogP contribution is 2.15. The Kier molecular flexibility index (Phi) is 6.41. The number of aryl methyl sites for hydroxylation is 1. The van der Waals surface area contributed by atoms with E-state index in [1.807, 2.05) is 7.05 Å². The lowest BCUT2D eigenvalue weighted by atomic mass is 10.2. The summed E-state index contributed by atoms with van der Waals surface area (Å²) < 4.78 is 42.0. The molecule has 0 radical (unpaired) electrons. The smallest absolute Gasteiger partial charge is 0.387 e. The zero-order valence-corrected chi connectivity index (χ0v) is 14.0. The summed E-state index contributed by atoms with van der Waals surface area (Å²) in [7, 11) is 1.83. The number of carbonyl (C=O) groups is 1. The third kappa shape index (κ3) is 6.11. The van der Waals surface area contributed by atoms with E-state index in [9.17, 15) is 18.0 Å². The molecule has 0 aliphatic heterocycles. The minimum absolute atomic E-state index is 0.0931. The first-order valence-electron chi connectivity index (χ1n) is 7.74. The van der Waals surface area contributed by atoms with Gasteiger partial charge in [0.2, 0.25) is 0 Å². The zero-order chi connectivity index (χ0) is 18.4. The summed E-state index contributed by atoms with van der Waals surface area (Å²) in [4.78, 5) is 12.9. The monoisotopic (exact) mass is 353 g/mol. The summed E-state index contributed by atoms with van der Waals surface area (Å²) in [5, 5.41) is 2.65. The van der Waals surface area contributed by atoms with Gasteiger partial charge in [-0.25, -0.2) is 4.39 Å². The Morgan fingerprint density at radius 1 is 1.20 bits per heavy atom. The quantitative estimate of drug-likeness (QED) is 0.803. The van der Waals surface area contributed by atoms with Gasteiger partial charge in [0, 0.05) is 11.3 Å². The molecule has 0 saturated carbocycles. The van der Waals surface area contributed by atoms with E-state index in [0.29, 0.717) is 17.8 Å². The molecular formula is C18H20F3N2O2+. The van der Waals surface area contributed by atoms with Crippen LogP contribution in [-0.2, 0) is 11.3 Å². The van der Waals surface area contributed by atoms with Crippen molar-refractivity contribution in [1.82, 2.24) is 0 Å². The van der Waals surface area contributed by atoms with Crippen LogP contribution in [-0.4, -0.2) is 26.1 Å². The van der Waals surface area contributed by atoms with Gasteiger partial charge in [0.25, 0.3) is 5.91 Å². The lowest BCUT2D eigenvalue weighted by Crippen LogP contribution is -3.08. The topological polar surface area (TPSA) is 42.8 Å². The Bertz CT molecular complexity index is 721. The maximum atomic E-state index is 13.5. The predicted octanol–water partition coefficient (Wildman–Crippen LogP) is 2.39. The summed E-state index contributed by atoms with van der Waals surface area (Å²) in [5.41, 5.74) is 1.81. The van der Waals surface area contributed by atoms with Gasteiger partial charge in [-0.2, -0.15) is 8.78 Å². The molecule has 2 rings (SSSR count). The van der Waals surface area contributed by atoms with Crippen molar-refractivity contribution in [2.24, 2.45) is 0 Å². The Labute approximate surface area is 144 Å². The first-order valence-corrected chi connectivity index (χ1v) is 7.74. The number of hydrogen-bond donors (Lipinski definition) is 2. The lowest BCUT2D eigenvalue weighted by molar-refractivity contribution is -0.885. The minimum atomic E-state index is -2.85. The number of nitrogens with one attached hydrogen (secondary N) is 2. The molecule has 4 nitrogen and oxygen atoms in total. The average Bonchev–Trinajstić information content (AvgIpc) is 2.52. The van der Waals surface area contributed by atoms with Crippen molar-refractivity contribution in [2.75, 3.05) is 18.9 Å². The van der Waals surface area contributed by atoms with Crippen LogP contribution in [0.3, 0.4) is 0 Å². The number of likely N-dealkylation sites (N-methyl/N-ethyl adjacent to an activating group) is 1. The molecule has 2 aromatic rings. The normalized spacial score (nSPS) is 12.1. The molecule has 2 aromatic carbocycles. The van der Waals surface area contributed by atoms with Crippen molar-refractivity contribution in [1.29, 1.82) is 0 Å². The third-order valence-corrected chi connectivity index (χ3v) is 3.57. The van der Waals surface area contributed by atoms with Gasteiger partial charge in [-0.1, -0.05) is 6.07 Å². The zero-order valence-electron chi connectivity index (χ0n) is 14.0. The molecule has 0 fully saturated rings. The SMILES string of the molecule is Cc1ccc(NC(=O)C[NH+](C)Cc2ccc(OC(F)F)cc2)cc1F.